The molecular weight excluding hydrogens is 340 g/mol. The number of rotatable bonds is 4. The third-order valence-electron chi connectivity index (χ3n) is 3.52. The maximum absolute atomic E-state index is 6.09. The van der Waals surface area contributed by atoms with E-state index in [9.17, 15) is 0 Å². The Kier molecular flexibility index (Phi) is 5.95. The van der Waals surface area contributed by atoms with E-state index >= 15 is 0 Å². The molecule has 0 fully saturated rings. The van der Waals surface area contributed by atoms with Gasteiger partial charge in [0.2, 0.25) is 0 Å². The first-order valence-corrected chi connectivity index (χ1v) is 8.11. The van der Waals surface area contributed by atoms with Gasteiger partial charge in [0, 0.05) is 4.90 Å². The number of halogens is 1. The Morgan fingerprint density at radius 1 is 0.792 bits per heavy atom. The highest BCUT2D eigenvalue weighted by Crippen LogP contribution is 2.43. The summed E-state index contributed by atoms with van der Waals surface area (Å²) in [5, 5.41) is 0.0981. The Morgan fingerprint density at radius 3 is 1.79 bits per heavy atom. The quantitative estimate of drug-likeness (QED) is 0.610. The molecule has 6 N–H and O–H groups in total. The van der Waals surface area contributed by atoms with E-state index in [1.807, 2.05) is 36.4 Å². The number of nitrogens with two attached hydrogens (primary N) is 3. The molecule has 0 atom stereocenters. The van der Waals surface area contributed by atoms with Gasteiger partial charge in [0.05, 0.1) is 10.9 Å². The van der Waals surface area contributed by atoms with Crippen LogP contribution in [0.15, 0.2) is 71.6 Å². The molecule has 0 radical (unpaired) electrons. The van der Waals surface area contributed by atoms with Crippen LogP contribution < -0.4 is 17.2 Å². The van der Waals surface area contributed by atoms with Crippen LogP contribution in [0.25, 0.3) is 0 Å². The second kappa shape index (κ2) is 7.95. The van der Waals surface area contributed by atoms with Gasteiger partial charge in [-0.2, -0.15) is 0 Å². The van der Waals surface area contributed by atoms with Crippen LogP contribution in [0, 0.1) is 0 Å². The van der Waals surface area contributed by atoms with Crippen LogP contribution in [0.4, 0.5) is 17.3 Å². The van der Waals surface area contributed by atoms with Crippen LogP contribution in [0.2, 0.25) is 0 Å². The van der Waals surface area contributed by atoms with Crippen molar-refractivity contribution < 1.29 is 0 Å². The Balaban J connectivity index is 0.00000208. The van der Waals surface area contributed by atoms with Crippen LogP contribution in [0.5, 0.6) is 0 Å². The number of nitrogens with zero attached hydrogens (tertiary/aromatic N) is 1. The second-order valence-corrected chi connectivity index (χ2v) is 6.31. The molecular formula is C18H19ClN4S. The molecule has 6 heteroatoms. The third kappa shape index (κ3) is 3.93. The van der Waals surface area contributed by atoms with Crippen LogP contribution in [0.3, 0.4) is 0 Å². The third-order valence-corrected chi connectivity index (χ3v) is 4.89. The van der Waals surface area contributed by atoms with Gasteiger partial charge in [-0.15, -0.1) is 24.2 Å². The number of aromatic nitrogens is 1. The minimum Gasteiger partial charge on any atom is -0.395 e. The predicted octanol–water partition coefficient (Wildman–Crippen LogP) is 4.13. The van der Waals surface area contributed by atoms with Gasteiger partial charge in [-0.05, 0) is 17.2 Å². The van der Waals surface area contributed by atoms with Gasteiger partial charge in [-0.25, -0.2) is 4.98 Å². The lowest BCUT2D eigenvalue weighted by molar-refractivity contribution is 1.15. The molecule has 2 aromatic carbocycles. The maximum Gasteiger partial charge on any atom is 0.150 e. The van der Waals surface area contributed by atoms with Crippen LogP contribution in [-0.4, -0.2) is 4.98 Å². The van der Waals surface area contributed by atoms with Crippen molar-refractivity contribution in [3.8, 4) is 0 Å². The van der Waals surface area contributed by atoms with Gasteiger partial charge in [0.25, 0.3) is 0 Å². The van der Waals surface area contributed by atoms with Crippen LogP contribution in [0.1, 0.15) is 16.4 Å². The number of hydrogen-bond donors (Lipinski definition) is 3. The van der Waals surface area contributed by atoms with Crippen molar-refractivity contribution in [2.75, 3.05) is 17.2 Å². The number of anilines is 3. The van der Waals surface area contributed by atoms with E-state index in [1.54, 1.807) is 17.8 Å². The van der Waals surface area contributed by atoms with E-state index in [0.717, 1.165) is 4.90 Å². The zero-order valence-electron chi connectivity index (χ0n) is 12.9. The van der Waals surface area contributed by atoms with Crippen molar-refractivity contribution in [1.82, 2.24) is 4.98 Å². The van der Waals surface area contributed by atoms with E-state index in [-0.39, 0.29) is 23.5 Å². The first-order chi connectivity index (χ1) is 11.1. The molecule has 0 aliphatic rings. The summed E-state index contributed by atoms with van der Waals surface area (Å²) < 4.78 is 0. The van der Waals surface area contributed by atoms with E-state index in [2.05, 4.69) is 29.2 Å². The predicted molar refractivity (Wildman–Crippen MR) is 105 cm³/mol. The lowest BCUT2D eigenvalue weighted by Gasteiger charge is -2.19. The largest absolute Gasteiger partial charge is 0.395 e. The molecule has 0 spiro atoms. The summed E-state index contributed by atoms with van der Waals surface area (Å²) in [6.45, 7) is 0. The molecule has 0 saturated heterocycles. The molecule has 0 saturated carbocycles. The average molecular weight is 359 g/mol. The Bertz CT molecular complexity index is 757. The van der Waals surface area contributed by atoms with Crippen molar-refractivity contribution in [2.45, 2.75) is 10.1 Å². The smallest absolute Gasteiger partial charge is 0.150 e. The van der Waals surface area contributed by atoms with Gasteiger partial charge in [0.1, 0.15) is 11.6 Å². The summed E-state index contributed by atoms with van der Waals surface area (Å²) in [7, 11) is 0. The summed E-state index contributed by atoms with van der Waals surface area (Å²) in [6.07, 6.45) is 0. The van der Waals surface area contributed by atoms with E-state index in [1.165, 1.54) is 11.1 Å². The SMILES string of the molecule is Cl.Nc1cc(SC(c2ccccc2)c2ccccc2)c(N)c(N)n1. The minimum atomic E-state index is 0. The van der Waals surface area contributed by atoms with Gasteiger partial charge in [-0.3, -0.25) is 0 Å². The summed E-state index contributed by atoms with van der Waals surface area (Å²) in [4.78, 5) is 4.84. The monoisotopic (exact) mass is 358 g/mol. The number of thioether (sulfide) groups is 1. The average Bonchev–Trinajstić information content (AvgIpc) is 2.58. The highest BCUT2D eigenvalue weighted by Gasteiger charge is 2.18. The lowest BCUT2D eigenvalue weighted by atomic mass is 10.0. The van der Waals surface area contributed by atoms with Gasteiger partial charge in [0.15, 0.2) is 0 Å². The van der Waals surface area contributed by atoms with Crippen molar-refractivity contribution in [2.24, 2.45) is 0 Å². The minimum absolute atomic E-state index is 0. The maximum atomic E-state index is 6.09. The summed E-state index contributed by atoms with van der Waals surface area (Å²) >= 11 is 1.62. The van der Waals surface area contributed by atoms with Crippen molar-refractivity contribution in [1.29, 1.82) is 0 Å². The molecule has 124 valence electrons. The first-order valence-electron chi connectivity index (χ1n) is 7.23. The fourth-order valence-corrected chi connectivity index (χ4v) is 3.64. The number of hydrogen-bond acceptors (Lipinski definition) is 5. The molecule has 24 heavy (non-hydrogen) atoms. The van der Waals surface area contributed by atoms with Crippen molar-refractivity contribution in [3.05, 3.63) is 77.9 Å². The molecule has 0 amide bonds. The fourth-order valence-electron chi connectivity index (χ4n) is 2.38. The van der Waals surface area contributed by atoms with E-state index in [4.69, 9.17) is 17.2 Å². The molecule has 0 aliphatic carbocycles. The molecule has 0 unspecified atom stereocenters. The topological polar surface area (TPSA) is 91.0 Å². The van der Waals surface area contributed by atoms with Gasteiger partial charge < -0.3 is 17.2 Å². The highest BCUT2D eigenvalue weighted by molar-refractivity contribution is 8.00. The zero-order chi connectivity index (χ0) is 16.2. The molecule has 1 aromatic heterocycles. The molecule has 3 rings (SSSR count). The van der Waals surface area contributed by atoms with E-state index in [0.29, 0.717) is 11.5 Å². The molecule has 0 aliphatic heterocycles. The molecule has 0 bridgehead atoms. The molecule has 3 aromatic rings. The lowest BCUT2D eigenvalue weighted by Crippen LogP contribution is -2.04. The van der Waals surface area contributed by atoms with E-state index < -0.39 is 0 Å². The molecule has 1 heterocycles. The second-order valence-electron chi connectivity index (χ2n) is 5.16. The first kappa shape index (κ1) is 18.0. The van der Waals surface area contributed by atoms with Gasteiger partial charge >= 0.3 is 0 Å². The standard InChI is InChI=1S/C18H18N4S.ClH/c19-15-11-14(16(20)18(21)22-15)23-17(12-7-3-1-4-8-12)13-9-5-2-6-10-13;/h1-11,17H,20H2,(H4,19,21,22);1H. The van der Waals surface area contributed by atoms with Crippen molar-refractivity contribution >= 4 is 41.5 Å². The summed E-state index contributed by atoms with van der Waals surface area (Å²) in [5.41, 5.74) is 20.6. The molecule has 4 nitrogen and oxygen atoms in total. The number of nitrogen functional groups attached to an aromatic ring is 3. The van der Waals surface area contributed by atoms with Crippen LogP contribution >= 0.6 is 24.2 Å². The highest BCUT2D eigenvalue weighted by atomic mass is 35.5. The van der Waals surface area contributed by atoms with Crippen LogP contribution in [-0.2, 0) is 0 Å². The number of pyridine rings is 1. The Morgan fingerprint density at radius 2 is 1.29 bits per heavy atom. The summed E-state index contributed by atoms with van der Waals surface area (Å²) in [5.74, 6) is 0.645. The number of benzene rings is 2. The van der Waals surface area contributed by atoms with Gasteiger partial charge in [-0.1, -0.05) is 60.7 Å². The zero-order valence-corrected chi connectivity index (χ0v) is 14.6. The Labute approximate surface area is 151 Å². The normalized spacial score (nSPS) is 10.4. The van der Waals surface area contributed by atoms with Crippen molar-refractivity contribution in [3.63, 3.8) is 0 Å². The fraction of sp³-hybridized carbons (Fsp3) is 0.0556. The summed E-state index contributed by atoms with van der Waals surface area (Å²) in [6, 6.07) is 22.3. The Hall–Kier alpha value is -2.37.